The van der Waals surface area contributed by atoms with Crippen molar-refractivity contribution in [2.45, 2.75) is 12.5 Å². The first kappa shape index (κ1) is 10.6. The third-order valence-electron chi connectivity index (χ3n) is 2.27. The molecule has 6 heteroatoms. The van der Waals surface area contributed by atoms with Gasteiger partial charge in [0.05, 0.1) is 19.0 Å². The number of likely N-dealkylation sites (tertiary alicyclic amines) is 1. The normalized spacial score (nSPS) is 22.2. The number of likely N-dealkylation sites (N-methyl/N-ethyl adjacent to an activating group) is 2. The minimum Gasteiger partial charge on any atom is -0.480 e. The van der Waals surface area contributed by atoms with Crippen molar-refractivity contribution in [3.63, 3.8) is 0 Å². The number of imide groups is 1. The van der Waals surface area contributed by atoms with Crippen LogP contribution in [0.25, 0.3) is 0 Å². The first-order valence-electron chi connectivity index (χ1n) is 4.16. The summed E-state index contributed by atoms with van der Waals surface area (Å²) in [6, 6.07) is -0.622. The predicted molar refractivity (Wildman–Crippen MR) is 46.4 cm³/mol. The standard InChI is InChI=1S/C8H12N2O4/c1-9(4-7(12)13)5-3-6(11)10(2)8(5)14/h5H,3-4H2,1-2H3,(H,12,13). The van der Waals surface area contributed by atoms with Crippen molar-refractivity contribution in [2.24, 2.45) is 0 Å². The molecule has 1 N–H and O–H groups in total. The number of amides is 2. The SMILES string of the molecule is CN1C(=O)CC(N(C)CC(=O)O)C1=O. The monoisotopic (exact) mass is 200 g/mol. The Hall–Kier alpha value is -1.43. The third kappa shape index (κ3) is 1.90. The first-order valence-corrected chi connectivity index (χ1v) is 4.16. The summed E-state index contributed by atoms with van der Waals surface area (Å²) in [5, 5.41) is 8.51. The fourth-order valence-corrected chi connectivity index (χ4v) is 1.40. The molecule has 1 unspecified atom stereocenters. The van der Waals surface area contributed by atoms with Crippen molar-refractivity contribution < 1.29 is 19.5 Å². The van der Waals surface area contributed by atoms with E-state index in [0.29, 0.717) is 0 Å². The van der Waals surface area contributed by atoms with Gasteiger partial charge in [0.15, 0.2) is 0 Å². The number of nitrogens with zero attached hydrogens (tertiary/aromatic N) is 2. The van der Waals surface area contributed by atoms with Crippen LogP contribution in [0, 0.1) is 0 Å². The van der Waals surface area contributed by atoms with Crippen LogP contribution in [0.1, 0.15) is 6.42 Å². The van der Waals surface area contributed by atoms with Crippen molar-refractivity contribution in [3.8, 4) is 0 Å². The summed E-state index contributed by atoms with van der Waals surface area (Å²) in [4.78, 5) is 35.3. The largest absolute Gasteiger partial charge is 0.480 e. The van der Waals surface area contributed by atoms with E-state index >= 15 is 0 Å². The molecule has 1 atom stereocenters. The Bertz CT molecular complexity index is 289. The molecule has 0 radical (unpaired) electrons. The van der Waals surface area contributed by atoms with Gasteiger partial charge in [-0.2, -0.15) is 0 Å². The Morgan fingerprint density at radius 2 is 2.21 bits per heavy atom. The highest BCUT2D eigenvalue weighted by molar-refractivity contribution is 6.05. The van der Waals surface area contributed by atoms with E-state index in [-0.39, 0.29) is 24.8 Å². The molecular weight excluding hydrogens is 188 g/mol. The molecule has 0 aromatic carbocycles. The number of hydrogen-bond acceptors (Lipinski definition) is 4. The molecule has 1 heterocycles. The van der Waals surface area contributed by atoms with Crippen molar-refractivity contribution in [3.05, 3.63) is 0 Å². The predicted octanol–water partition coefficient (Wildman–Crippen LogP) is -1.24. The summed E-state index contributed by atoms with van der Waals surface area (Å²) in [5.74, 6) is -1.61. The van der Waals surface area contributed by atoms with Gasteiger partial charge in [0.1, 0.15) is 0 Å². The van der Waals surface area contributed by atoms with Crippen LogP contribution in [-0.4, -0.2) is 59.4 Å². The van der Waals surface area contributed by atoms with Crippen molar-refractivity contribution in [2.75, 3.05) is 20.6 Å². The topological polar surface area (TPSA) is 77.9 Å². The summed E-state index contributed by atoms with van der Waals surface area (Å²) in [5.41, 5.74) is 0. The molecular formula is C8H12N2O4. The van der Waals surface area contributed by atoms with E-state index in [1.165, 1.54) is 19.0 Å². The molecule has 0 saturated carbocycles. The number of carboxylic acid groups (broad SMARTS) is 1. The van der Waals surface area contributed by atoms with Crippen molar-refractivity contribution in [1.29, 1.82) is 0 Å². The Morgan fingerprint density at radius 1 is 1.64 bits per heavy atom. The summed E-state index contributed by atoms with van der Waals surface area (Å²) in [7, 11) is 2.92. The highest BCUT2D eigenvalue weighted by Crippen LogP contribution is 2.15. The zero-order chi connectivity index (χ0) is 10.9. The first-order chi connectivity index (χ1) is 6.43. The molecule has 1 aliphatic heterocycles. The molecule has 14 heavy (non-hydrogen) atoms. The van der Waals surface area contributed by atoms with Gasteiger partial charge in [0.25, 0.3) is 0 Å². The van der Waals surface area contributed by atoms with E-state index in [1.807, 2.05) is 0 Å². The summed E-state index contributed by atoms with van der Waals surface area (Å²) >= 11 is 0. The number of carboxylic acids is 1. The second-order valence-electron chi connectivity index (χ2n) is 3.32. The lowest BCUT2D eigenvalue weighted by molar-refractivity contribution is -0.140. The van der Waals surface area contributed by atoms with Crippen LogP contribution in [0.2, 0.25) is 0 Å². The van der Waals surface area contributed by atoms with Crippen LogP contribution in [0.5, 0.6) is 0 Å². The van der Waals surface area contributed by atoms with Gasteiger partial charge in [-0.3, -0.25) is 24.2 Å². The van der Waals surface area contributed by atoms with Gasteiger partial charge in [0, 0.05) is 7.05 Å². The number of carbonyl (C=O) groups excluding carboxylic acids is 2. The maximum atomic E-state index is 11.4. The van der Waals surface area contributed by atoms with Crippen LogP contribution in [0.3, 0.4) is 0 Å². The van der Waals surface area contributed by atoms with Crippen LogP contribution >= 0.6 is 0 Å². The summed E-state index contributed by atoms with van der Waals surface area (Å²) in [6.45, 7) is -0.239. The average molecular weight is 200 g/mol. The molecule has 0 bridgehead atoms. The summed E-state index contributed by atoms with van der Waals surface area (Å²) in [6.07, 6.45) is 0.0686. The molecule has 0 aromatic rings. The van der Waals surface area contributed by atoms with E-state index in [1.54, 1.807) is 0 Å². The molecule has 1 aliphatic rings. The lowest BCUT2D eigenvalue weighted by Crippen LogP contribution is -2.41. The van der Waals surface area contributed by atoms with Gasteiger partial charge >= 0.3 is 5.97 Å². The number of rotatable bonds is 3. The number of carbonyl (C=O) groups is 3. The highest BCUT2D eigenvalue weighted by Gasteiger charge is 2.38. The summed E-state index contributed by atoms with van der Waals surface area (Å²) < 4.78 is 0. The third-order valence-corrected chi connectivity index (χ3v) is 2.27. The molecule has 78 valence electrons. The van der Waals surface area contributed by atoms with E-state index in [2.05, 4.69) is 0 Å². The zero-order valence-electron chi connectivity index (χ0n) is 8.06. The molecule has 0 aliphatic carbocycles. The minimum absolute atomic E-state index is 0.0686. The molecule has 2 amide bonds. The highest BCUT2D eigenvalue weighted by atomic mass is 16.4. The molecule has 1 fully saturated rings. The molecule has 0 aromatic heterocycles. The van der Waals surface area contributed by atoms with Gasteiger partial charge in [-0.15, -0.1) is 0 Å². The van der Waals surface area contributed by atoms with E-state index < -0.39 is 12.0 Å². The zero-order valence-corrected chi connectivity index (χ0v) is 8.06. The average Bonchev–Trinajstić information content (AvgIpc) is 2.32. The van der Waals surface area contributed by atoms with Gasteiger partial charge in [-0.25, -0.2) is 0 Å². The smallest absolute Gasteiger partial charge is 0.317 e. The lowest BCUT2D eigenvalue weighted by Gasteiger charge is -2.19. The lowest BCUT2D eigenvalue weighted by atomic mass is 10.2. The molecule has 0 spiro atoms. The fraction of sp³-hybridized carbons (Fsp3) is 0.625. The van der Waals surface area contributed by atoms with Crippen molar-refractivity contribution >= 4 is 17.8 Å². The molecule has 6 nitrogen and oxygen atoms in total. The Balaban J connectivity index is 2.66. The van der Waals surface area contributed by atoms with E-state index in [9.17, 15) is 14.4 Å². The quantitative estimate of drug-likeness (QED) is 0.576. The molecule has 1 rings (SSSR count). The number of hydrogen-bond donors (Lipinski definition) is 1. The van der Waals surface area contributed by atoms with Gasteiger partial charge in [-0.05, 0) is 7.05 Å². The second kappa shape index (κ2) is 3.75. The maximum Gasteiger partial charge on any atom is 0.317 e. The Morgan fingerprint density at radius 3 is 2.57 bits per heavy atom. The van der Waals surface area contributed by atoms with Gasteiger partial charge in [-0.1, -0.05) is 0 Å². The van der Waals surface area contributed by atoms with Crippen LogP contribution < -0.4 is 0 Å². The van der Waals surface area contributed by atoms with Crippen molar-refractivity contribution in [1.82, 2.24) is 9.80 Å². The van der Waals surface area contributed by atoms with Gasteiger partial charge in [0.2, 0.25) is 11.8 Å². The Kier molecular flexibility index (Phi) is 2.85. The maximum absolute atomic E-state index is 11.4. The minimum atomic E-state index is -1.01. The fourth-order valence-electron chi connectivity index (χ4n) is 1.40. The van der Waals surface area contributed by atoms with Crippen LogP contribution in [0.15, 0.2) is 0 Å². The second-order valence-corrected chi connectivity index (χ2v) is 3.32. The number of aliphatic carboxylic acids is 1. The van der Waals surface area contributed by atoms with E-state index in [0.717, 1.165) is 4.90 Å². The van der Waals surface area contributed by atoms with Crippen LogP contribution in [-0.2, 0) is 14.4 Å². The van der Waals surface area contributed by atoms with E-state index in [4.69, 9.17) is 5.11 Å². The Labute approximate surface area is 81.1 Å². The van der Waals surface area contributed by atoms with Crippen LogP contribution in [0.4, 0.5) is 0 Å². The molecule has 1 saturated heterocycles. The van der Waals surface area contributed by atoms with Gasteiger partial charge < -0.3 is 5.11 Å².